The van der Waals surface area contributed by atoms with Gasteiger partial charge >= 0.3 is 0 Å². The van der Waals surface area contributed by atoms with Crippen LogP contribution in [0.4, 0.5) is 4.39 Å². The van der Waals surface area contributed by atoms with Crippen LogP contribution in [-0.2, 0) is 19.9 Å². The molecular weight excluding hydrogens is 455 g/mol. The molecule has 4 heterocycles. The van der Waals surface area contributed by atoms with Crippen LogP contribution in [0.15, 0.2) is 41.7 Å². The lowest BCUT2D eigenvalue weighted by Gasteiger charge is -2.36. The van der Waals surface area contributed by atoms with Crippen molar-refractivity contribution >= 4 is 28.0 Å². The van der Waals surface area contributed by atoms with Gasteiger partial charge in [0.15, 0.2) is 5.65 Å². The number of hydrogen-bond acceptors (Lipinski definition) is 5. The zero-order valence-electron chi connectivity index (χ0n) is 19.4. The van der Waals surface area contributed by atoms with E-state index in [2.05, 4.69) is 27.1 Å². The second kappa shape index (κ2) is 9.43. The molecule has 5 rings (SSSR count). The highest BCUT2D eigenvalue weighted by Crippen LogP contribution is 2.29. The average Bonchev–Trinajstić information content (AvgIpc) is 3.28. The van der Waals surface area contributed by atoms with Gasteiger partial charge in [0.1, 0.15) is 12.1 Å². The maximum atomic E-state index is 14.4. The molecule has 0 bridgehead atoms. The molecule has 4 aromatic rings. The van der Waals surface area contributed by atoms with Crippen molar-refractivity contribution in [2.24, 2.45) is 13.0 Å². The summed E-state index contributed by atoms with van der Waals surface area (Å²) < 4.78 is 17.3. The van der Waals surface area contributed by atoms with E-state index in [9.17, 15) is 9.18 Å². The van der Waals surface area contributed by atoms with Crippen LogP contribution in [0, 0.1) is 11.7 Å². The first-order valence-electron chi connectivity index (χ1n) is 11.8. The Bertz CT molecular complexity index is 1390. The molecule has 1 aliphatic rings. The molecular formula is C25H28ClFN6O. The van der Waals surface area contributed by atoms with Gasteiger partial charge in [0.05, 0.1) is 16.6 Å². The number of aromatic nitrogens is 5. The van der Waals surface area contributed by atoms with Gasteiger partial charge in [-0.15, -0.1) is 10.2 Å². The van der Waals surface area contributed by atoms with Crippen molar-refractivity contribution in [2.75, 3.05) is 13.1 Å². The summed E-state index contributed by atoms with van der Waals surface area (Å²) in [4.78, 5) is 15.0. The minimum absolute atomic E-state index is 0.160. The van der Waals surface area contributed by atoms with E-state index in [1.54, 1.807) is 23.7 Å². The highest BCUT2D eigenvalue weighted by molar-refractivity contribution is 6.35. The molecule has 1 aromatic carbocycles. The molecule has 0 radical (unpaired) electrons. The fraction of sp³-hybridized carbons (Fsp3) is 0.440. The van der Waals surface area contributed by atoms with Crippen LogP contribution in [0.5, 0.6) is 0 Å². The van der Waals surface area contributed by atoms with Crippen LogP contribution >= 0.6 is 11.6 Å². The number of piperidine rings is 1. The summed E-state index contributed by atoms with van der Waals surface area (Å²) in [6.45, 7) is 4.26. The summed E-state index contributed by atoms with van der Waals surface area (Å²) in [5, 5.41) is 13.9. The third-order valence-electron chi connectivity index (χ3n) is 7.23. The zero-order valence-corrected chi connectivity index (χ0v) is 20.2. The SMILES string of the molecule is C[C@H](CCc1cc2nncn2cc1F)N1CCC(Cc2ccc(Cl)c3c(=O)n(C)ncc23)CC1. The fourth-order valence-electron chi connectivity index (χ4n) is 5.07. The summed E-state index contributed by atoms with van der Waals surface area (Å²) in [6.07, 6.45) is 9.38. The molecule has 1 fully saturated rings. The lowest BCUT2D eigenvalue weighted by Crippen LogP contribution is -2.40. The Kier molecular flexibility index (Phi) is 6.36. The molecule has 0 N–H and O–H groups in total. The third kappa shape index (κ3) is 4.44. The first-order valence-corrected chi connectivity index (χ1v) is 12.1. The predicted octanol–water partition coefficient (Wildman–Crippen LogP) is 4.04. The summed E-state index contributed by atoms with van der Waals surface area (Å²) in [5.74, 6) is 0.336. The van der Waals surface area contributed by atoms with Crippen molar-refractivity contribution in [2.45, 2.75) is 45.1 Å². The number of aryl methyl sites for hydroxylation is 2. The molecule has 3 aromatic heterocycles. The van der Waals surface area contributed by atoms with Gasteiger partial charge in [0.25, 0.3) is 5.56 Å². The Morgan fingerprint density at radius 2 is 2.03 bits per heavy atom. The average molecular weight is 483 g/mol. The second-order valence-electron chi connectivity index (χ2n) is 9.38. The second-order valence-corrected chi connectivity index (χ2v) is 9.79. The Morgan fingerprint density at radius 1 is 1.24 bits per heavy atom. The minimum Gasteiger partial charge on any atom is -0.301 e. The van der Waals surface area contributed by atoms with E-state index in [0.29, 0.717) is 40.0 Å². The zero-order chi connectivity index (χ0) is 23.8. The molecule has 1 atom stereocenters. The number of pyridine rings is 1. The Labute approximate surface area is 202 Å². The molecule has 0 unspecified atom stereocenters. The smallest absolute Gasteiger partial charge is 0.275 e. The van der Waals surface area contributed by atoms with Gasteiger partial charge in [-0.3, -0.25) is 9.20 Å². The first-order chi connectivity index (χ1) is 16.4. The van der Waals surface area contributed by atoms with Crippen molar-refractivity contribution in [1.29, 1.82) is 0 Å². The molecule has 0 aliphatic carbocycles. The van der Waals surface area contributed by atoms with Crippen molar-refractivity contribution in [3.8, 4) is 0 Å². The molecule has 1 saturated heterocycles. The number of hydrogen-bond donors (Lipinski definition) is 0. The van der Waals surface area contributed by atoms with Crippen LogP contribution in [0.25, 0.3) is 16.4 Å². The molecule has 0 spiro atoms. The molecule has 0 amide bonds. The van der Waals surface area contributed by atoms with E-state index in [-0.39, 0.29) is 11.4 Å². The third-order valence-corrected chi connectivity index (χ3v) is 7.54. The van der Waals surface area contributed by atoms with Crippen LogP contribution in [0.3, 0.4) is 0 Å². The van der Waals surface area contributed by atoms with E-state index >= 15 is 0 Å². The largest absolute Gasteiger partial charge is 0.301 e. The van der Waals surface area contributed by atoms with Crippen LogP contribution < -0.4 is 5.56 Å². The van der Waals surface area contributed by atoms with Crippen LogP contribution in [0.1, 0.15) is 37.3 Å². The number of rotatable bonds is 6. The van der Waals surface area contributed by atoms with E-state index in [1.807, 2.05) is 12.1 Å². The molecule has 9 heteroatoms. The van der Waals surface area contributed by atoms with Gasteiger partial charge in [-0.25, -0.2) is 9.07 Å². The van der Waals surface area contributed by atoms with E-state index < -0.39 is 0 Å². The van der Waals surface area contributed by atoms with E-state index in [1.165, 1.54) is 17.2 Å². The fourth-order valence-corrected chi connectivity index (χ4v) is 5.31. The van der Waals surface area contributed by atoms with E-state index in [0.717, 1.165) is 49.7 Å². The van der Waals surface area contributed by atoms with Gasteiger partial charge in [-0.2, -0.15) is 5.10 Å². The maximum Gasteiger partial charge on any atom is 0.275 e. The van der Waals surface area contributed by atoms with Crippen molar-refractivity contribution < 1.29 is 4.39 Å². The van der Waals surface area contributed by atoms with Gasteiger partial charge in [0.2, 0.25) is 0 Å². The van der Waals surface area contributed by atoms with Crippen molar-refractivity contribution in [3.05, 3.63) is 69.2 Å². The van der Waals surface area contributed by atoms with Crippen molar-refractivity contribution in [1.82, 2.24) is 29.3 Å². The molecule has 0 saturated carbocycles. The molecule has 7 nitrogen and oxygen atoms in total. The lowest BCUT2D eigenvalue weighted by molar-refractivity contribution is 0.135. The lowest BCUT2D eigenvalue weighted by atomic mass is 9.88. The summed E-state index contributed by atoms with van der Waals surface area (Å²) in [7, 11) is 1.64. The minimum atomic E-state index is -0.210. The summed E-state index contributed by atoms with van der Waals surface area (Å²) >= 11 is 6.33. The number of halogens is 2. The monoisotopic (exact) mass is 482 g/mol. The van der Waals surface area contributed by atoms with Gasteiger partial charge in [0, 0.05) is 24.7 Å². The number of fused-ring (bicyclic) bond motifs is 2. The van der Waals surface area contributed by atoms with Crippen molar-refractivity contribution in [3.63, 3.8) is 0 Å². The van der Waals surface area contributed by atoms with Crippen LogP contribution in [0.2, 0.25) is 5.02 Å². The van der Waals surface area contributed by atoms with Gasteiger partial charge in [-0.05, 0) is 81.3 Å². The first kappa shape index (κ1) is 22.9. The summed E-state index contributed by atoms with van der Waals surface area (Å²) in [5.41, 5.74) is 2.34. The van der Waals surface area contributed by atoms with E-state index in [4.69, 9.17) is 11.6 Å². The standard InChI is InChI=1S/C25H28ClFN6O/c1-16(3-4-19-12-23-30-28-15-33(23)14-22(19)27)32-9-7-17(8-10-32)11-18-5-6-21(26)24-20(18)13-29-31(2)25(24)34/h5-6,12-17H,3-4,7-11H2,1-2H3/t16-/m1/s1. The predicted molar refractivity (Wildman–Crippen MR) is 131 cm³/mol. The highest BCUT2D eigenvalue weighted by Gasteiger charge is 2.24. The Hall–Kier alpha value is -2.84. The Morgan fingerprint density at radius 3 is 2.82 bits per heavy atom. The van der Waals surface area contributed by atoms with Gasteiger partial charge < -0.3 is 4.90 Å². The molecule has 1 aliphatic heterocycles. The number of nitrogens with zero attached hydrogens (tertiary/aromatic N) is 6. The molecule has 178 valence electrons. The number of benzene rings is 1. The summed E-state index contributed by atoms with van der Waals surface area (Å²) in [6, 6.07) is 6.02. The Balaban J connectivity index is 1.19. The quantitative estimate of drug-likeness (QED) is 0.415. The maximum absolute atomic E-state index is 14.4. The number of likely N-dealkylation sites (tertiary alicyclic amines) is 1. The normalized spacial score (nSPS) is 16.5. The van der Waals surface area contributed by atoms with Crippen LogP contribution in [-0.4, -0.2) is 48.4 Å². The highest BCUT2D eigenvalue weighted by atomic mass is 35.5. The topological polar surface area (TPSA) is 68.3 Å². The van der Waals surface area contributed by atoms with Gasteiger partial charge in [-0.1, -0.05) is 17.7 Å². The molecule has 34 heavy (non-hydrogen) atoms.